The molecular formula is C8H13N3O. The van der Waals surface area contributed by atoms with Crippen molar-refractivity contribution >= 4 is 5.91 Å². The van der Waals surface area contributed by atoms with Gasteiger partial charge >= 0.3 is 0 Å². The molecule has 0 saturated carbocycles. The van der Waals surface area contributed by atoms with Crippen LogP contribution in [0.25, 0.3) is 0 Å². The molecule has 66 valence electrons. The van der Waals surface area contributed by atoms with E-state index in [9.17, 15) is 4.79 Å². The Morgan fingerprint density at radius 2 is 2.25 bits per heavy atom. The first-order valence-electron chi connectivity index (χ1n) is 3.85. The highest BCUT2D eigenvalue weighted by molar-refractivity contribution is 5.90. The van der Waals surface area contributed by atoms with E-state index in [0.29, 0.717) is 11.6 Å². The smallest absolute Gasteiger partial charge is 0.268 e. The Labute approximate surface area is 71.4 Å². The molecule has 0 aromatic carbocycles. The van der Waals surface area contributed by atoms with Gasteiger partial charge in [0.05, 0.1) is 0 Å². The first kappa shape index (κ1) is 8.77. The molecule has 0 bridgehead atoms. The fourth-order valence-electron chi connectivity index (χ4n) is 1.14. The number of amides is 1. The quantitative estimate of drug-likeness (QED) is 0.702. The predicted molar refractivity (Wildman–Crippen MR) is 45.8 cm³/mol. The van der Waals surface area contributed by atoms with Crippen LogP contribution in [0.15, 0.2) is 6.20 Å². The van der Waals surface area contributed by atoms with Gasteiger partial charge in [0.15, 0.2) is 0 Å². The molecule has 0 aliphatic carbocycles. The zero-order valence-corrected chi connectivity index (χ0v) is 7.53. The summed E-state index contributed by atoms with van der Waals surface area (Å²) >= 11 is 0. The highest BCUT2D eigenvalue weighted by Gasteiger charge is 2.11. The normalized spacial score (nSPS) is 10.7. The summed E-state index contributed by atoms with van der Waals surface area (Å²) in [6.45, 7) is 4.04. The third-order valence-corrected chi connectivity index (χ3v) is 1.68. The second kappa shape index (κ2) is 2.97. The lowest BCUT2D eigenvalue weighted by Crippen LogP contribution is -2.11. The van der Waals surface area contributed by atoms with Gasteiger partial charge in [-0.3, -0.25) is 4.79 Å². The van der Waals surface area contributed by atoms with Crippen molar-refractivity contribution < 1.29 is 4.79 Å². The van der Waals surface area contributed by atoms with Crippen molar-refractivity contribution in [3.05, 3.63) is 17.7 Å². The molecule has 12 heavy (non-hydrogen) atoms. The van der Waals surface area contributed by atoms with Crippen LogP contribution in [-0.2, 0) is 7.05 Å². The molecule has 4 nitrogen and oxygen atoms in total. The Hall–Kier alpha value is -1.32. The van der Waals surface area contributed by atoms with Crippen molar-refractivity contribution in [2.75, 3.05) is 0 Å². The zero-order valence-electron chi connectivity index (χ0n) is 7.53. The van der Waals surface area contributed by atoms with Crippen molar-refractivity contribution in [3.63, 3.8) is 0 Å². The lowest BCUT2D eigenvalue weighted by molar-refractivity contribution is 0.0996. The Bertz CT molecular complexity index is 301. The van der Waals surface area contributed by atoms with E-state index in [-0.39, 0.29) is 0 Å². The molecule has 1 heterocycles. The highest BCUT2D eigenvalue weighted by atomic mass is 16.1. The summed E-state index contributed by atoms with van der Waals surface area (Å²) in [6, 6.07) is 0. The molecule has 0 atom stereocenters. The number of hydrogen-bond donors (Lipinski definition) is 1. The van der Waals surface area contributed by atoms with Gasteiger partial charge in [-0.05, 0) is 0 Å². The maximum absolute atomic E-state index is 10.7. The van der Waals surface area contributed by atoms with E-state index in [2.05, 4.69) is 4.98 Å². The molecule has 0 aliphatic heterocycles. The van der Waals surface area contributed by atoms with Crippen LogP contribution in [0, 0.1) is 0 Å². The largest absolute Gasteiger partial charge is 0.364 e. The second-order valence-electron chi connectivity index (χ2n) is 3.11. The number of aryl methyl sites for hydroxylation is 1. The van der Waals surface area contributed by atoms with E-state index in [0.717, 1.165) is 5.82 Å². The molecule has 1 amide bonds. The molecule has 2 N–H and O–H groups in total. The summed E-state index contributed by atoms with van der Waals surface area (Å²) in [7, 11) is 1.86. The van der Waals surface area contributed by atoms with Crippen molar-refractivity contribution in [3.8, 4) is 0 Å². The van der Waals surface area contributed by atoms with Crippen LogP contribution < -0.4 is 5.73 Å². The maximum Gasteiger partial charge on any atom is 0.268 e. The van der Waals surface area contributed by atoms with Gasteiger partial charge in [-0.15, -0.1) is 0 Å². The van der Waals surface area contributed by atoms with Crippen LogP contribution in [0.1, 0.15) is 36.1 Å². The molecule has 0 fully saturated rings. The SMILES string of the molecule is CC(C)c1nc(C(N)=O)cn1C. The minimum atomic E-state index is -0.475. The van der Waals surface area contributed by atoms with E-state index >= 15 is 0 Å². The molecule has 0 aliphatic rings. The van der Waals surface area contributed by atoms with Gasteiger partial charge in [0.25, 0.3) is 5.91 Å². The topological polar surface area (TPSA) is 60.9 Å². The Kier molecular flexibility index (Phi) is 2.17. The fraction of sp³-hybridized carbons (Fsp3) is 0.500. The van der Waals surface area contributed by atoms with Crippen LogP contribution in [0.2, 0.25) is 0 Å². The number of imidazole rings is 1. The van der Waals surface area contributed by atoms with Crippen LogP contribution in [0.3, 0.4) is 0 Å². The summed E-state index contributed by atoms with van der Waals surface area (Å²) in [5.74, 6) is 0.712. The average molecular weight is 167 g/mol. The van der Waals surface area contributed by atoms with Crippen LogP contribution in [0.5, 0.6) is 0 Å². The van der Waals surface area contributed by atoms with Crippen LogP contribution in [-0.4, -0.2) is 15.5 Å². The average Bonchev–Trinajstić information content (AvgIpc) is 2.30. The third kappa shape index (κ3) is 1.47. The predicted octanol–water partition coefficient (Wildman–Crippen LogP) is 0.642. The summed E-state index contributed by atoms with van der Waals surface area (Å²) in [5.41, 5.74) is 5.42. The lowest BCUT2D eigenvalue weighted by atomic mass is 10.2. The number of nitrogens with zero attached hydrogens (tertiary/aromatic N) is 2. The summed E-state index contributed by atoms with van der Waals surface area (Å²) in [5, 5.41) is 0. The molecule has 0 unspecified atom stereocenters. The third-order valence-electron chi connectivity index (χ3n) is 1.68. The van der Waals surface area contributed by atoms with Crippen molar-refractivity contribution in [2.24, 2.45) is 12.8 Å². The Morgan fingerprint density at radius 1 is 1.67 bits per heavy atom. The van der Waals surface area contributed by atoms with Gasteiger partial charge in [-0.25, -0.2) is 4.98 Å². The van der Waals surface area contributed by atoms with Crippen molar-refractivity contribution in [1.29, 1.82) is 0 Å². The van der Waals surface area contributed by atoms with E-state index in [4.69, 9.17) is 5.73 Å². The minimum Gasteiger partial charge on any atom is -0.364 e. The van der Waals surface area contributed by atoms with Crippen molar-refractivity contribution in [1.82, 2.24) is 9.55 Å². The van der Waals surface area contributed by atoms with Gasteiger partial charge in [0.1, 0.15) is 11.5 Å². The number of hydrogen-bond acceptors (Lipinski definition) is 2. The number of aromatic nitrogens is 2. The summed E-state index contributed by atoms with van der Waals surface area (Å²) in [6.07, 6.45) is 1.65. The fourth-order valence-corrected chi connectivity index (χ4v) is 1.14. The van der Waals surface area contributed by atoms with E-state index in [1.54, 1.807) is 6.20 Å². The first-order valence-corrected chi connectivity index (χ1v) is 3.85. The van der Waals surface area contributed by atoms with Crippen LogP contribution in [0.4, 0.5) is 0 Å². The van der Waals surface area contributed by atoms with Crippen molar-refractivity contribution in [2.45, 2.75) is 19.8 Å². The molecule has 0 radical (unpaired) electrons. The number of carbonyl (C=O) groups is 1. The summed E-state index contributed by atoms with van der Waals surface area (Å²) < 4.78 is 1.82. The Balaban J connectivity index is 3.09. The molecular weight excluding hydrogens is 154 g/mol. The molecule has 0 spiro atoms. The van der Waals surface area contributed by atoms with E-state index < -0.39 is 5.91 Å². The standard InChI is InChI=1S/C8H13N3O/c1-5(2)8-10-6(7(9)12)4-11(8)3/h4-5H,1-3H3,(H2,9,12). The van der Waals surface area contributed by atoms with Gasteiger partial charge < -0.3 is 10.3 Å². The maximum atomic E-state index is 10.7. The molecule has 1 rings (SSSR count). The lowest BCUT2D eigenvalue weighted by Gasteiger charge is -2.02. The summed E-state index contributed by atoms with van der Waals surface area (Å²) in [4.78, 5) is 14.8. The van der Waals surface area contributed by atoms with Crippen LogP contribution >= 0.6 is 0 Å². The molecule has 4 heteroatoms. The number of carbonyl (C=O) groups excluding carboxylic acids is 1. The zero-order chi connectivity index (χ0) is 9.30. The molecule has 1 aromatic rings. The van der Waals surface area contributed by atoms with E-state index in [1.165, 1.54) is 0 Å². The van der Waals surface area contributed by atoms with Gasteiger partial charge in [0.2, 0.25) is 0 Å². The monoisotopic (exact) mass is 167 g/mol. The Morgan fingerprint density at radius 3 is 2.50 bits per heavy atom. The van der Waals surface area contributed by atoms with E-state index in [1.807, 2.05) is 25.5 Å². The molecule has 0 saturated heterocycles. The van der Waals surface area contributed by atoms with Gasteiger partial charge in [-0.1, -0.05) is 13.8 Å². The number of primary amides is 1. The number of nitrogens with two attached hydrogens (primary N) is 1. The second-order valence-corrected chi connectivity index (χ2v) is 3.11. The van der Waals surface area contributed by atoms with Gasteiger partial charge in [0, 0.05) is 19.2 Å². The van der Waals surface area contributed by atoms with Gasteiger partial charge in [-0.2, -0.15) is 0 Å². The minimum absolute atomic E-state index is 0.308. The first-order chi connectivity index (χ1) is 5.52. The number of rotatable bonds is 2. The molecule has 1 aromatic heterocycles. The highest BCUT2D eigenvalue weighted by Crippen LogP contribution is 2.12.